The normalized spacial score (nSPS) is 10.8. The predicted octanol–water partition coefficient (Wildman–Crippen LogP) is 3.32. The van der Waals surface area contributed by atoms with Gasteiger partial charge in [-0.1, -0.05) is 30.3 Å². The molecule has 0 spiro atoms. The number of hydrogen-bond acceptors (Lipinski definition) is 3. The van der Waals surface area contributed by atoms with Gasteiger partial charge >= 0.3 is 0 Å². The molecule has 0 aliphatic carbocycles. The van der Waals surface area contributed by atoms with Gasteiger partial charge in [0.25, 0.3) is 6.43 Å². The van der Waals surface area contributed by atoms with Gasteiger partial charge in [0.05, 0.1) is 7.11 Å². The minimum absolute atomic E-state index is 0.0441. The molecule has 1 aromatic carbocycles. The summed E-state index contributed by atoms with van der Waals surface area (Å²) in [4.78, 5) is 4.11. The molecule has 0 atom stereocenters. The van der Waals surface area contributed by atoms with Gasteiger partial charge in [-0.2, -0.15) is 0 Å². The van der Waals surface area contributed by atoms with Crippen LogP contribution < -0.4 is 10.1 Å². The van der Waals surface area contributed by atoms with Crippen LogP contribution >= 0.6 is 0 Å². The van der Waals surface area contributed by atoms with E-state index in [1.807, 2.05) is 12.1 Å². The SMILES string of the molecule is COc1ncccc1CNCc1ccc(C(F)F)cc1. The van der Waals surface area contributed by atoms with Gasteiger partial charge in [0.2, 0.25) is 5.88 Å². The van der Waals surface area contributed by atoms with Crippen LogP contribution in [0.1, 0.15) is 23.1 Å². The second-order valence-corrected chi connectivity index (χ2v) is 4.32. The number of ether oxygens (including phenoxy) is 1. The monoisotopic (exact) mass is 278 g/mol. The highest BCUT2D eigenvalue weighted by Crippen LogP contribution is 2.18. The van der Waals surface area contributed by atoms with Gasteiger partial charge in [-0.05, 0) is 11.6 Å². The van der Waals surface area contributed by atoms with Crippen LogP contribution in [-0.2, 0) is 13.1 Å². The Morgan fingerprint density at radius 2 is 1.90 bits per heavy atom. The smallest absolute Gasteiger partial charge is 0.263 e. The van der Waals surface area contributed by atoms with E-state index in [-0.39, 0.29) is 5.56 Å². The molecule has 1 N–H and O–H groups in total. The zero-order chi connectivity index (χ0) is 14.4. The predicted molar refractivity (Wildman–Crippen MR) is 72.7 cm³/mol. The first-order valence-electron chi connectivity index (χ1n) is 6.26. The van der Waals surface area contributed by atoms with Crippen LogP contribution in [0.4, 0.5) is 8.78 Å². The Morgan fingerprint density at radius 1 is 1.15 bits per heavy atom. The van der Waals surface area contributed by atoms with Crippen molar-refractivity contribution in [3.63, 3.8) is 0 Å². The van der Waals surface area contributed by atoms with E-state index in [4.69, 9.17) is 4.74 Å². The fourth-order valence-electron chi connectivity index (χ4n) is 1.86. The summed E-state index contributed by atoms with van der Waals surface area (Å²) in [7, 11) is 1.58. The molecular weight excluding hydrogens is 262 g/mol. The van der Waals surface area contributed by atoms with Crippen LogP contribution in [0.25, 0.3) is 0 Å². The van der Waals surface area contributed by atoms with Gasteiger partial charge in [-0.15, -0.1) is 0 Å². The van der Waals surface area contributed by atoms with Crippen LogP contribution in [0.3, 0.4) is 0 Å². The molecule has 106 valence electrons. The van der Waals surface area contributed by atoms with E-state index in [1.54, 1.807) is 25.4 Å². The average Bonchev–Trinajstić information content (AvgIpc) is 2.48. The number of halogens is 2. The lowest BCUT2D eigenvalue weighted by Gasteiger charge is -2.09. The van der Waals surface area contributed by atoms with E-state index >= 15 is 0 Å². The van der Waals surface area contributed by atoms with Crippen LogP contribution in [-0.4, -0.2) is 12.1 Å². The number of nitrogens with one attached hydrogen (secondary N) is 1. The molecule has 20 heavy (non-hydrogen) atoms. The summed E-state index contributed by atoms with van der Waals surface area (Å²) in [5.41, 5.74) is 1.96. The van der Waals surface area contributed by atoms with Crippen molar-refractivity contribution >= 4 is 0 Å². The number of pyridine rings is 1. The number of benzene rings is 1. The second kappa shape index (κ2) is 6.96. The molecule has 0 aliphatic heterocycles. The topological polar surface area (TPSA) is 34.1 Å². The Hall–Kier alpha value is -2.01. The van der Waals surface area contributed by atoms with E-state index in [1.165, 1.54) is 12.1 Å². The van der Waals surface area contributed by atoms with Crippen LogP contribution in [0, 0.1) is 0 Å². The number of aromatic nitrogens is 1. The number of alkyl halides is 2. The van der Waals surface area contributed by atoms with Crippen molar-refractivity contribution in [2.75, 3.05) is 7.11 Å². The lowest BCUT2D eigenvalue weighted by molar-refractivity contribution is 0.151. The Balaban J connectivity index is 1.89. The third kappa shape index (κ3) is 3.74. The minimum Gasteiger partial charge on any atom is -0.481 e. The molecule has 0 fully saturated rings. The first kappa shape index (κ1) is 14.4. The highest BCUT2D eigenvalue weighted by Gasteiger charge is 2.06. The molecule has 0 saturated heterocycles. The first-order valence-corrected chi connectivity index (χ1v) is 6.26. The highest BCUT2D eigenvalue weighted by atomic mass is 19.3. The van der Waals surface area contributed by atoms with Crippen molar-refractivity contribution in [1.82, 2.24) is 10.3 Å². The molecular formula is C15H16F2N2O. The minimum atomic E-state index is -2.42. The first-order chi connectivity index (χ1) is 9.70. The second-order valence-electron chi connectivity index (χ2n) is 4.32. The maximum Gasteiger partial charge on any atom is 0.263 e. The largest absolute Gasteiger partial charge is 0.481 e. The molecule has 5 heteroatoms. The number of hydrogen-bond donors (Lipinski definition) is 1. The summed E-state index contributed by atoms with van der Waals surface area (Å²) in [6.07, 6.45) is -0.748. The third-order valence-electron chi connectivity index (χ3n) is 2.92. The van der Waals surface area contributed by atoms with Gasteiger partial charge in [-0.25, -0.2) is 13.8 Å². The van der Waals surface area contributed by atoms with E-state index in [9.17, 15) is 8.78 Å². The molecule has 0 aliphatic rings. The van der Waals surface area contributed by atoms with Crippen molar-refractivity contribution in [1.29, 1.82) is 0 Å². The maximum atomic E-state index is 12.4. The Morgan fingerprint density at radius 3 is 2.55 bits per heavy atom. The van der Waals surface area contributed by atoms with Crippen LogP contribution in [0.15, 0.2) is 42.6 Å². The number of rotatable bonds is 6. The summed E-state index contributed by atoms with van der Waals surface area (Å²) in [5, 5.41) is 3.23. The van der Waals surface area contributed by atoms with E-state index in [0.717, 1.165) is 11.1 Å². The van der Waals surface area contributed by atoms with Gasteiger partial charge in [-0.3, -0.25) is 0 Å². The van der Waals surface area contributed by atoms with Crippen molar-refractivity contribution in [3.8, 4) is 5.88 Å². The number of methoxy groups -OCH3 is 1. The van der Waals surface area contributed by atoms with Crippen molar-refractivity contribution in [2.45, 2.75) is 19.5 Å². The summed E-state index contributed by atoms with van der Waals surface area (Å²) in [6, 6.07) is 10.1. The molecule has 1 aromatic heterocycles. The molecule has 0 amide bonds. The maximum absolute atomic E-state index is 12.4. The average molecular weight is 278 g/mol. The molecule has 1 heterocycles. The molecule has 2 rings (SSSR count). The van der Waals surface area contributed by atoms with Crippen molar-refractivity contribution in [3.05, 3.63) is 59.3 Å². The standard InChI is InChI=1S/C15H16F2N2O/c1-20-15-13(3-2-8-19-15)10-18-9-11-4-6-12(7-5-11)14(16)17/h2-8,14,18H,9-10H2,1H3. The molecule has 0 saturated carbocycles. The molecule has 3 nitrogen and oxygen atoms in total. The lowest BCUT2D eigenvalue weighted by Crippen LogP contribution is -2.13. The quantitative estimate of drug-likeness (QED) is 0.880. The van der Waals surface area contributed by atoms with Crippen molar-refractivity contribution in [2.24, 2.45) is 0 Å². The Kier molecular flexibility index (Phi) is 5.01. The van der Waals surface area contributed by atoms with Gasteiger partial charge in [0.1, 0.15) is 0 Å². The molecule has 0 bridgehead atoms. The third-order valence-corrected chi connectivity index (χ3v) is 2.92. The Labute approximate surface area is 116 Å². The van der Waals surface area contributed by atoms with Gasteiger partial charge in [0, 0.05) is 30.4 Å². The molecule has 2 aromatic rings. The van der Waals surface area contributed by atoms with E-state index in [0.29, 0.717) is 19.0 Å². The highest BCUT2D eigenvalue weighted by molar-refractivity contribution is 5.26. The van der Waals surface area contributed by atoms with Crippen LogP contribution in [0.5, 0.6) is 5.88 Å². The van der Waals surface area contributed by atoms with E-state index < -0.39 is 6.43 Å². The van der Waals surface area contributed by atoms with Gasteiger partial charge in [0.15, 0.2) is 0 Å². The fourth-order valence-corrected chi connectivity index (χ4v) is 1.86. The zero-order valence-corrected chi connectivity index (χ0v) is 11.1. The molecule has 0 radical (unpaired) electrons. The van der Waals surface area contributed by atoms with E-state index in [2.05, 4.69) is 10.3 Å². The van der Waals surface area contributed by atoms with Gasteiger partial charge < -0.3 is 10.1 Å². The van der Waals surface area contributed by atoms with Crippen molar-refractivity contribution < 1.29 is 13.5 Å². The summed E-state index contributed by atoms with van der Waals surface area (Å²) >= 11 is 0. The summed E-state index contributed by atoms with van der Waals surface area (Å²) in [6.45, 7) is 1.20. The lowest BCUT2D eigenvalue weighted by atomic mass is 10.1. The number of nitrogens with zero attached hydrogens (tertiary/aromatic N) is 1. The molecule has 0 unspecified atom stereocenters. The fraction of sp³-hybridized carbons (Fsp3) is 0.267. The summed E-state index contributed by atoms with van der Waals surface area (Å²) in [5.74, 6) is 0.591. The Bertz CT molecular complexity index is 544. The zero-order valence-electron chi connectivity index (χ0n) is 11.1. The summed E-state index contributed by atoms with van der Waals surface area (Å²) < 4.78 is 30.0. The van der Waals surface area contributed by atoms with Crippen LogP contribution in [0.2, 0.25) is 0 Å².